The highest BCUT2D eigenvalue weighted by atomic mass is 32.1. The Hall–Kier alpha value is -2.72. The first-order chi connectivity index (χ1) is 16.5. The number of furan rings is 1. The second kappa shape index (κ2) is 11.6. The number of ether oxygens (including phenoxy) is 2. The van der Waals surface area contributed by atoms with Crippen molar-refractivity contribution in [3.8, 4) is 5.75 Å². The second-order valence-corrected chi connectivity index (χ2v) is 9.28. The highest BCUT2D eigenvalue weighted by Crippen LogP contribution is 2.34. The number of hydrogen-bond acceptors (Lipinski definition) is 7. The van der Waals surface area contributed by atoms with E-state index in [2.05, 4.69) is 0 Å². The predicted molar refractivity (Wildman–Crippen MR) is 126 cm³/mol. The van der Waals surface area contributed by atoms with Crippen LogP contribution in [0.25, 0.3) is 0 Å². The van der Waals surface area contributed by atoms with Gasteiger partial charge in [0.1, 0.15) is 23.9 Å². The summed E-state index contributed by atoms with van der Waals surface area (Å²) < 4.78 is 30.0. The van der Waals surface area contributed by atoms with E-state index in [1.807, 2.05) is 27.3 Å². The Morgan fingerprint density at radius 3 is 3.00 bits per heavy atom. The fraction of sp³-hybridized carbons (Fsp3) is 0.400. The molecule has 1 aromatic carbocycles. The molecule has 1 aliphatic rings. The molecule has 2 unspecified atom stereocenters. The number of rotatable bonds is 11. The van der Waals surface area contributed by atoms with Crippen LogP contribution < -0.4 is 4.74 Å². The van der Waals surface area contributed by atoms with Crippen LogP contribution in [-0.4, -0.2) is 66.9 Å². The molecule has 0 saturated heterocycles. The zero-order valence-corrected chi connectivity index (χ0v) is 19.9. The first-order valence-electron chi connectivity index (χ1n) is 11.2. The molecule has 4 rings (SSSR count). The fourth-order valence-electron chi connectivity index (χ4n) is 4.24. The lowest BCUT2D eigenvalue weighted by Crippen LogP contribution is -2.47. The normalized spacial score (nSPS) is 16.5. The topological polar surface area (TPSA) is 75.4 Å². The van der Waals surface area contributed by atoms with Gasteiger partial charge in [0.25, 0.3) is 0 Å². The van der Waals surface area contributed by atoms with Crippen molar-refractivity contribution in [1.29, 1.82) is 0 Å². The van der Waals surface area contributed by atoms with Gasteiger partial charge in [0.15, 0.2) is 0 Å². The molecule has 1 amide bonds. The van der Waals surface area contributed by atoms with Gasteiger partial charge in [-0.05, 0) is 47.7 Å². The van der Waals surface area contributed by atoms with Crippen molar-refractivity contribution >= 4 is 17.2 Å². The molecule has 0 radical (unpaired) electrons. The van der Waals surface area contributed by atoms with Gasteiger partial charge < -0.3 is 23.9 Å². The third kappa shape index (κ3) is 6.24. The molecule has 0 saturated carbocycles. The third-order valence-corrected chi connectivity index (χ3v) is 6.76. The second-order valence-electron chi connectivity index (χ2n) is 8.28. The molecule has 0 spiro atoms. The average Bonchev–Trinajstić information content (AvgIpc) is 3.49. The maximum Gasteiger partial charge on any atom is 0.237 e. The monoisotopic (exact) mass is 488 g/mol. The van der Waals surface area contributed by atoms with Crippen LogP contribution in [0.3, 0.4) is 0 Å². The van der Waals surface area contributed by atoms with E-state index in [0.29, 0.717) is 24.6 Å². The maximum atomic E-state index is 13.6. The summed E-state index contributed by atoms with van der Waals surface area (Å²) in [6.07, 6.45) is 1.63. The Kier molecular flexibility index (Phi) is 8.34. The van der Waals surface area contributed by atoms with E-state index >= 15 is 0 Å². The molecule has 3 aromatic rings. The highest BCUT2D eigenvalue weighted by molar-refractivity contribution is 7.10. The molecule has 7 nitrogen and oxygen atoms in total. The summed E-state index contributed by atoms with van der Waals surface area (Å²) in [7, 11) is 1.53. The Morgan fingerprint density at radius 2 is 2.24 bits per heavy atom. The average molecular weight is 489 g/mol. The summed E-state index contributed by atoms with van der Waals surface area (Å²) in [5.74, 6) is 0.702. The molecule has 2 atom stereocenters. The van der Waals surface area contributed by atoms with Crippen LogP contribution in [0.2, 0.25) is 0 Å². The molecule has 1 aliphatic heterocycles. The SMILES string of the molecule is COCC(O)CN(CC(=O)N1CCc2sccc2C1COc1cccc(F)c1)Cc1ccco1. The Labute approximate surface area is 202 Å². The molecular formula is C25H29FN2O5S. The Morgan fingerprint density at radius 1 is 1.35 bits per heavy atom. The van der Waals surface area contributed by atoms with Crippen LogP contribution >= 0.6 is 11.3 Å². The molecule has 182 valence electrons. The van der Waals surface area contributed by atoms with E-state index in [1.165, 1.54) is 24.1 Å². The third-order valence-electron chi connectivity index (χ3n) is 5.77. The number of carbonyl (C=O) groups is 1. The van der Waals surface area contributed by atoms with Gasteiger partial charge in [0, 0.05) is 31.1 Å². The number of benzene rings is 1. The van der Waals surface area contributed by atoms with Gasteiger partial charge in [0.05, 0.1) is 38.1 Å². The van der Waals surface area contributed by atoms with E-state index in [0.717, 1.165) is 12.0 Å². The number of methoxy groups -OCH3 is 1. The minimum atomic E-state index is -0.732. The van der Waals surface area contributed by atoms with Crippen molar-refractivity contribution in [3.63, 3.8) is 0 Å². The highest BCUT2D eigenvalue weighted by Gasteiger charge is 2.33. The van der Waals surface area contributed by atoms with Gasteiger partial charge >= 0.3 is 0 Å². The molecule has 0 bridgehead atoms. The van der Waals surface area contributed by atoms with Crippen LogP contribution in [0.4, 0.5) is 4.39 Å². The summed E-state index contributed by atoms with van der Waals surface area (Å²) >= 11 is 1.67. The van der Waals surface area contributed by atoms with Crippen LogP contribution in [0.5, 0.6) is 5.75 Å². The quantitative estimate of drug-likeness (QED) is 0.445. The number of amides is 1. The zero-order chi connectivity index (χ0) is 23.9. The van der Waals surface area contributed by atoms with Crippen molar-refractivity contribution in [1.82, 2.24) is 9.80 Å². The Balaban J connectivity index is 1.48. The van der Waals surface area contributed by atoms with Crippen molar-refractivity contribution in [3.05, 3.63) is 76.1 Å². The number of thiophene rings is 1. The minimum Gasteiger partial charge on any atom is -0.491 e. The molecule has 34 heavy (non-hydrogen) atoms. The smallest absolute Gasteiger partial charge is 0.237 e. The molecule has 0 fully saturated rings. The first kappa shape index (κ1) is 24.4. The van der Waals surface area contributed by atoms with E-state index in [9.17, 15) is 14.3 Å². The summed E-state index contributed by atoms with van der Waals surface area (Å²) in [6.45, 7) is 1.73. The first-order valence-corrected chi connectivity index (χ1v) is 12.1. The largest absolute Gasteiger partial charge is 0.491 e. The molecule has 0 aliphatic carbocycles. The van der Waals surface area contributed by atoms with Gasteiger partial charge in [-0.15, -0.1) is 11.3 Å². The van der Waals surface area contributed by atoms with Gasteiger partial charge in [0.2, 0.25) is 5.91 Å². The van der Waals surface area contributed by atoms with Crippen molar-refractivity contribution in [2.45, 2.75) is 25.1 Å². The van der Waals surface area contributed by atoms with E-state index in [-0.39, 0.29) is 44.1 Å². The van der Waals surface area contributed by atoms with Gasteiger partial charge in [-0.2, -0.15) is 0 Å². The van der Waals surface area contributed by atoms with Crippen LogP contribution in [-0.2, 0) is 22.5 Å². The summed E-state index contributed by atoms with van der Waals surface area (Å²) in [5.41, 5.74) is 1.07. The summed E-state index contributed by atoms with van der Waals surface area (Å²) in [4.78, 5) is 18.4. The lowest BCUT2D eigenvalue weighted by atomic mass is 10.0. The van der Waals surface area contributed by atoms with Crippen LogP contribution in [0, 0.1) is 5.82 Å². The van der Waals surface area contributed by atoms with E-state index < -0.39 is 6.10 Å². The molecular weight excluding hydrogens is 459 g/mol. The number of nitrogens with zero attached hydrogens (tertiary/aromatic N) is 2. The van der Waals surface area contributed by atoms with Crippen molar-refractivity contribution in [2.24, 2.45) is 0 Å². The molecule has 2 aromatic heterocycles. The van der Waals surface area contributed by atoms with Gasteiger partial charge in [-0.3, -0.25) is 9.69 Å². The lowest BCUT2D eigenvalue weighted by Gasteiger charge is -2.37. The minimum absolute atomic E-state index is 0.0686. The number of carbonyl (C=O) groups excluding carboxylic acids is 1. The van der Waals surface area contributed by atoms with Crippen molar-refractivity contribution in [2.75, 3.05) is 40.0 Å². The Bertz CT molecular complexity index is 1060. The summed E-state index contributed by atoms with van der Waals surface area (Å²) in [6, 6.07) is 11.4. The van der Waals surface area contributed by atoms with Crippen molar-refractivity contribution < 1.29 is 28.2 Å². The molecule has 9 heteroatoms. The number of halogens is 1. The fourth-order valence-corrected chi connectivity index (χ4v) is 5.17. The van der Waals surface area contributed by atoms with Gasteiger partial charge in [-0.1, -0.05) is 6.07 Å². The standard InChI is InChI=1S/C25H29FN2O5S/c1-31-16-19(29)13-27(14-21-6-3-10-32-21)15-25(30)28-9-7-24-22(8-11-34-24)23(28)17-33-20-5-2-4-18(26)12-20/h2-6,8,10-12,19,23,29H,7,9,13-17H2,1H3. The zero-order valence-electron chi connectivity index (χ0n) is 19.1. The molecule has 1 N–H and O–H groups in total. The maximum absolute atomic E-state index is 13.6. The van der Waals surface area contributed by atoms with Gasteiger partial charge in [-0.25, -0.2) is 4.39 Å². The number of aliphatic hydroxyl groups is 1. The number of hydrogen-bond donors (Lipinski definition) is 1. The predicted octanol–water partition coefficient (Wildman–Crippen LogP) is 3.49. The number of aliphatic hydroxyl groups excluding tert-OH is 1. The number of fused-ring (bicyclic) bond motifs is 1. The van der Waals surface area contributed by atoms with E-state index in [1.54, 1.807) is 35.8 Å². The van der Waals surface area contributed by atoms with Crippen LogP contribution in [0.1, 0.15) is 22.2 Å². The van der Waals surface area contributed by atoms with Crippen LogP contribution in [0.15, 0.2) is 58.5 Å². The van der Waals surface area contributed by atoms with E-state index in [4.69, 9.17) is 13.9 Å². The molecule has 3 heterocycles. The summed E-state index contributed by atoms with van der Waals surface area (Å²) in [5, 5.41) is 12.3. The lowest BCUT2D eigenvalue weighted by molar-refractivity contribution is -0.136.